The number of benzene rings is 1. The van der Waals surface area contributed by atoms with Crippen LogP contribution in [0.4, 0.5) is 13.2 Å². The van der Waals surface area contributed by atoms with Gasteiger partial charge >= 0.3 is 6.18 Å². The number of alkyl halides is 3. The second kappa shape index (κ2) is 6.11. The summed E-state index contributed by atoms with van der Waals surface area (Å²) in [5.74, 6) is 0.157. The number of β-amino-alcohol motifs (C(OH)–C–C–N with tert-alkyl or cyclic N) is 1. The molecule has 1 aliphatic rings. The van der Waals surface area contributed by atoms with E-state index in [1.165, 1.54) is 12.1 Å². The summed E-state index contributed by atoms with van der Waals surface area (Å²) in [6, 6.07) is 3.79. The van der Waals surface area contributed by atoms with Crippen LogP contribution in [0.15, 0.2) is 18.2 Å². The monoisotopic (exact) mass is 288 g/mol. The van der Waals surface area contributed by atoms with Crippen LogP contribution < -0.4 is 10.6 Å². The first-order valence-electron chi connectivity index (χ1n) is 6.64. The second-order valence-corrected chi connectivity index (χ2v) is 5.26. The van der Waals surface area contributed by atoms with Crippen molar-refractivity contribution < 1.29 is 18.3 Å². The number of rotatable bonds is 4. The van der Waals surface area contributed by atoms with E-state index in [-0.39, 0.29) is 12.0 Å². The van der Waals surface area contributed by atoms with E-state index in [9.17, 15) is 18.3 Å². The smallest absolute Gasteiger partial charge is 0.391 e. The Hall–Kier alpha value is -1.11. The van der Waals surface area contributed by atoms with Crippen LogP contribution in [0.1, 0.15) is 16.7 Å². The predicted octanol–water partition coefficient (Wildman–Crippen LogP) is 1.68. The van der Waals surface area contributed by atoms with E-state index in [1.54, 1.807) is 6.92 Å². The van der Waals surface area contributed by atoms with Crippen LogP contribution >= 0.6 is 0 Å². The number of aliphatic hydroxyl groups excluding tert-OH is 1. The third kappa shape index (κ3) is 3.71. The van der Waals surface area contributed by atoms with Gasteiger partial charge in [-0.3, -0.25) is 0 Å². The molecule has 0 spiro atoms. The first-order valence-corrected chi connectivity index (χ1v) is 6.64. The van der Waals surface area contributed by atoms with Gasteiger partial charge in [-0.1, -0.05) is 6.07 Å². The maximum atomic E-state index is 12.5. The average molecular weight is 288 g/mol. The Morgan fingerprint density at radius 2 is 2.10 bits per heavy atom. The van der Waals surface area contributed by atoms with E-state index in [4.69, 9.17) is 0 Å². The largest absolute Gasteiger partial charge is 0.416 e. The van der Waals surface area contributed by atoms with Crippen LogP contribution in [0.25, 0.3) is 0 Å². The maximum absolute atomic E-state index is 12.5. The quantitative estimate of drug-likeness (QED) is 0.790. The number of halogens is 3. The fourth-order valence-electron chi connectivity index (χ4n) is 2.39. The highest BCUT2D eigenvalue weighted by molar-refractivity contribution is 5.32. The summed E-state index contributed by atoms with van der Waals surface area (Å²) in [7, 11) is 0. The summed E-state index contributed by atoms with van der Waals surface area (Å²) >= 11 is 0. The van der Waals surface area contributed by atoms with Crippen molar-refractivity contribution in [1.29, 1.82) is 0 Å². The van der Waals surface area contributed by atoms with E-state index in [2.05, 4.69) is 10.6 Å². The van der Waals surface area contributed by atoms with Gasteiger partial charge in [-0.2, -0.15) is 13.2 Å². The highest BCUT2D eigenvalue weighted by atomic mass is 19.4. The molecular weight excluding hydrogens is 269 g/mol. The molecule has 1 fully saturated rings. The molecule has 0 aliphatic carbocycles. The van der Waals surface area contributed by atoms with Gasteiger partial charge in [0, 0.05) is 32.1 Å². The van der Waals surface area contributed by atoms with Crippen molar-refractivity contribution in [2.45, 2.75) is 25.7 Å². The molecule has 0 aromatic heterocycles. The van der Waals surface area contributed by atoms with Crippen molar-refractivity contribution in [2.24, 2.45) is 5.92 Å². The molecular formula is C14H19F3N2O. The van der Waals surface area contributed by atoms with Crippen LogP contribution in [-0.4, -0.2) is 30.8 Å². The summed E-state index contributed by atoms with van der Waals surface area (Å²) in [6.07, 6.45) is -4.65. The minimum atomic E-state index is -4.30. The fraction of sp³-hybridized carbons (Fsp3) is 0.571. The first kappa shape index (κ1) is 15.3. The Bertz CT molecular complexity index is 462. The lowest BCUT2D eigenvalue weighted by Crippen LogP contribution is -2.30. The third-order valence-electron chi connectivity index (χ3n) is 3.70. The molecule has 1 aromatic rings. The van der Waals surface area contributed by atoms with E-state index in [0.29, 0.717) is 25.2 Å². The molecule has 0 bridgehead atoms. The van der Waals surface area contributed by atoms with Gasteiger partial charge in [0.1, 0.15) is 0 Å². The Kier molecular flexibility index (Phi) is 4.67. The van der Waals surface area contributed by atoms with Gasteiger partial charge in [-0.15, -0.1) is 0 Å². The molecule has 1 heterocycles. The zero-order chi connectivity index (χ0) is 14.8. The molecule has 1 aromatic carbocycles. The highest BCUT2D eigenvalue weighted by Gasteiger charge is 2.30. The molecule has 3 nitrogen and oxygen atoms in total. The van der Waals surface area contributed by atoms with Crippen molar-refractivity contribution in [3.63, 3.8) is 0 Å². The van der Waals surface area contributed by atoms with Crippen molar-refractivity contribution >= 4 is 0 Å². The van der Waals surface area contributed by atoms with Crippen molar-refractivity contribution in [3.05, 3.63) is 34.9 Å². The second-order valence-electron chi connectivity index (χ2n) is 5.26. The van der Waals surface area contributed by atoms with Gasteiger partial charge in [-0.05, 0) is 30.2 Å². The van der Waals surface area contributed by atoms with Gasteiger partial charge in [0.2, 0.25) is 0 Å². The Morgan fingerprint density at radius 1 is 1.35 bits per heavy atom. The van der Waals surface area contributed by atoms with Crippen LogP contribution in [-0.2, 0) is 12.7 Å². The molecule has 6 heteroatoms. The first-order chi connectivity index (χ1) is 9.38. The van der Waals surface area contributed by atoms with Crippen molar-refractivity contribution in [3.8, 4) is 0 Å². The fourth-order valence-corrected chi connectivity index (χ4v) is 2.39. The van der Waals surface area contributed by atoms with Gasteiger partial charge in [-0.25, -0.2) is 0 Å². The summed E-state index contributed by atoms with van der Waals surface area (Å²) in [5, 5.41) is 15.9. The van der Waals surface area contributed by atoms with Gasteiger partial charge in [0.15, 0.2) is 0 Å². The standard InChI is InChI=1S/C14H19F3N2O/c1-9-4-12(14(15,16)17)3-2-10(9)5-18-6-11-7-19-8-13(11)20/h2-4,11,13,18-20H,5-8H2,1H3. The van der Waals surface area contributed by atoms with Gasteiger partial charge in [0.05, 0.1) is 11.7 Å². The van der Waals surface area contributed by atoms with Gasteiger partial charge < -0.3 is 15.7 Å². The SMILES string of the molecule is Cc1cc(C(F)(F)F)ccc1CNCC1CNCC1O. The molecule has 2 rings (SSSR count). The number of hydrogen-bond donors (Lipinski definition) is 3. The Labute approximate surface area is 116 Å². The van der Waals surface area contributed by atoms with Crippen LogP contribution in [0.2, 0.25) is 0 Å². The molecule has 3 N–H and O–H groups in total. The number of aryl methyl sites for hydroxylation is 1. The molecule has 0 radical (unpaired) electrons. The molecule has 0 saturated carbocycles. The summed E-state index contributed by atoms with van der Waals surface area (Å²) in [6.45, 7) is 4.20. The summed E-state index contributed by atoms with van der Waals surface area (Å²) in [5.41, 5.74) is 0.852. The van der Waals surface area contributed by atoms with E-state index in [1.807, 2.05) is 0 Å². The van der Waals surface area contributed by atoms with Crippen molar-refractivity contribution in [2.75, 3.05) is 19.6 Å². The predicted molar refractivity (Wildman–Crippen MR) is 70.3 cm³/mol. The molecule has 112 valence electrons. The normalized spacial score (nSPS) is 23.2. The average Bonchev–Trinajstić information content (AvgIpc) is 2.76. The molecule has 1 aliphatic heterocycles. The zero-order valence-corrected chi connectivity index (χ0v) is 11.3. The lowest BCUT2D eigenvalue weighted by molar-refractivity contribution is -0.137. The summed E-state index contributed by atoms with van der Waals surface area (Å²) in [4.78, 5) is 0. The molecule has 2 atom stereocenters. The zero-order valence-electron chi connectivity index (χ0n) is 11.3. The molecule has 1 saturated heterocycles. The topological polar surface area (TPSA) is 44.3 Å². The molecule has 20 heavy (non-hydrogen) atoms. The number of hydrogen-bond acceptors (Lipinski definition) is 3. The van der Waals surface area contributed by atoms with E-state index in [0.717, 1.165) is 18.2 Å². The van der Waals surface area contributed by atoms with Crippen LogP contribution in [0.3, 0.4) is 0 Å². The minimum Gasteiger partial charge on any atom is -0.391 e. The van der Waals surface area contributed by atoms with E-state index < -0.39 is 11.7 Å². The lowest BCUT2D eigenvalue weighted by Gasteiger charge is -2.15. The summed E-state index contributed by atoms with van der Waals surface area (Å²) < 4.78 is 37.6. The maximum Gasteiger partial charge on any atom is 0.416 e. The Morgan fingerprint density at radius 3 is 2.65 bits per heavy atom. The third-order valence-corrected chi connectivity index (χ3v) is 3.70. The molecule has 2 unspecified atom stereocenters. The Balaban J connectivity index is 1.90. The van der Waals surface area contributed by atoms with Gasteiger partial charge in [0.25, 0.3) is 0 Å². The number of aliphatic hydroxyl groups is 1. The molecule has 0 amide bonds. The minimum absolute atomic E-state index is 0.157. The van der Waals surface area contributed by atoms with E-state index >= 15 is 0 Å². The van der Waals surface area contributed by atoms with Crippen LogP contribution in [0.5, 0.6) is 0 Å². The number of nitrogens with one attached hydrogen (secondary N) is 2. The van der Waals surface area contributed by atoms with Crippen molar-refractivity contribution in [1.82, 2.24) is 10.6 Å². The van der Waals surface area contributed by atoms with Crippen LogP contribution in [0, 0.1) is 12.8 Å². The highest BCUT2D eigenvalue weighted by Crippen LogP contribution is 2.30. The lowest BCUT2D eigenvalue weighted by atomic mass is 10.0.